The lowest BCUT2D eigenvalue weighted by molar-refractivity contribution is 0.714. The lowest BCUT2D eigenvalue weighted by Crippen LogP contribution is -2.22. The monoisotopic (exact) mass is 286 g/mol. The Balaban J connectivity index is 0.000000693. The minimum absolute atomic E-state index is 0.0472. The first kappa shape index (κ1) is 14.6. The van der Waals surface area contributed by atoms with Crippen LogP contribution in [0, 0.1) is 0 Å². The lowest BCUT2D eigenvalue weighted by atomic mass is 9.74. The Labute approximate surface area is 133 Å². The topological polar surface area (TPSA) is 0 Å². The fourth-order valence-electron chi connectivity index (χ4n) is 3.54. The van der Waals surface area contributed by atoms with Crippen LogP contribution >= 0.6 is 0 Å². The van der Waals surface area contributed by atoms with Crippen LogP contribution in [0.4, 0.5) is 0 Å². The van der Waals surface area contributed by atoms with Crippen LogP contribution in [0.25, 0.3) is 11.1 Å². The molecule has 0 bridgehead atoms. The van der Waals surface area contributed by atoms with Gasteiger partial charge in [-0.05, 0) is 34.7 Å². The van der Waals surface area contributed by atoms with E-state index in [4.69, 9.17) is 0 Å². The average Bonchev–Trinajstić information content (AvgIpc) is 2.89. The number of fused-ring (bicyclic) bond motifs is 3. The average molecular weight is 286 g/mol. The minimum Gasteiger partial charge on any atom is -0.0683 e. The normalized spacial score (nSPS) is 13.6. The fraction of sp³-hybridized carbons (Fsp3) is 0.182. The Hall–Kier alpha value is -2.34. The first-order chi connectivity index (χ1) is 10.8. The Bertz CT molecular complexity index is 723. The van der Waals surface area contributed by atoms with E-state index < -0.39 is 0 Å². The van der Waals surface area contributed by atoms with Gasteiger partial charge in [-0.3, -0.25) is 0 Å². The Morgan fingerprint density at radius 3 is 1.45 bits per heavy atom. The quantitative estimate of drug-likeness (QED) is 0.511. The van der Waals surface area contributed by atoms with Gasteiger partial charge in [-0.15, -0.1) is 0 Å². The van der Waals surface area contributed by atoms with Crippen LogP contribution in [0.1, 0.15) is 37.5 Å². The van der Waals surface area contributed by atoms with Crippen LogP contribution in [0.15, 0.2) is 78.9 Å². The lowest BCUT2D eigenvalue weighted by Gasteiger charge is -2.28. The zero-order chi connectivity index (χ0) is 15.6. The molecule has 0 heteroatoms. The van der Waals surface area contributed by atoms with Gasteiger partial charge in [0.2, 0.25) is 0 Å². The molecule has 0 aliphatic heterocycles. The molecule has 0 amide bonds. The van der Waals surface area contributed by atoms with Crippen LogP contribution in [-0.4, -0.2) is 0 Å². The summed E-state index contributed by atoms with van der Waals surface area (Å²) >= 11 is 0. The summed E-state index contributed by atoms with van der Waals surface area (Å²) in [5.74, 6) is 0. The standard InChI is InChI=1S/C20H16.C2H6/c1-20(15-9-3-2-4-10-15)18-13-7-5-11-16(18)17-12-6-8-14-19(17)20;1-2/h2-14H,1H3;1-2H3. The summed E-state index contributed by atoms with van der Waals surface area (Å²) in [5, 5.41) is 0. The van der Waals surface area contributed by atoms with Crippen molar-refractivity contribution in [3.8, 4) is 11.1 Å². The van der Waals surface area contributed by atoms with E-state index in [9.17, 15) is 0 Å². The van der Waals surface area contributed by atoms with Crippen molar-refractivity contribution in [1.29, 1.82) is 0 Å². The highest BCUT2D eigenvalue weighted by molar-refractivity contribution is 5.82. The van der Waals surface area contributed by atoms with Crippen molar-refractivity contribution in [3.05, 3.63) is 95.6 Å². The molecule has 0 fully saturated rings. The Morgan fingerprint density at radius 1 is 0.545 bits per heavy atom. The van der Waals surface area contributed by atoms with Gasteiger partial charge in [-0.2, -0.15) is 0 Å². The molecule has 0 spiro atoms. The van der Waals surface area contributed by atoms with E-state index in [1.165, 1.54) is 27.8 Å². The van der Waals surface area contributed by atoms with Crippen molar-refractivity contribution < 1.29 is 0 Å². The van der Waals surface area contributed by atoms with Crippen molar-refractivity contribution >= 4 is 0 Å². The smallest absolute Gasteiger partial charge is 0.0435 e. The van der Waals surface area contributed by atoms with Crippen molar-refractivity contribution in [3.63, 3.8) is 0 Å². The van der Waals surface area contributed by atoms with Gasteiger partial charge in [0.15, 0.2) is 0 Å². The summed E-state index contributed by atoms with van der Waals surface area (Å²) in [4.78, 5) is 0. The van der Waals surface area contributed by atoms with Crippen molar-refractivity contribution in [2.24, 2.45) is 0 Å². The predicted molar refractivity (Wildman–Crippen MR) is 95.2 cm³/mol. The van der Waals surface area contributed by atoms with Crippen LogP contribution < -0.4 is 0 Å². The summed E-state index contributed by atoms with van der Waals surface area (Å²) in [6.07, 6.45) is 0. The second-order valence-corrected chi connectivity index (χ2v) is 5.58. The molecule has 22 heavy (non-hydrogen) atoms. The molecule has 0 aromatic heterocycles. The van der Waals surface area contributed by atoms with Crippen molar-refractivity contribution in [1.82, 2.24) is 0 Å². The molecule has 4 rings (SSSR count). The Kier molecular flexibility index (Phi) is 3.85. The number of hydrogen-bond donors (Lipinski definition) is 0. The first-order valence-corrected chi connectivity index (χ1v) is 8.07. The number of benzene rings is 3. The molecule has 0 nitrogen and oxygen atoms in total. The summed E-state index contributed by atoms with van der Waals surface area (Å²) in [6, 6.07) is 28.4. The summed E-state index contributed by atoms with van der Waals surface area (Å²) in [6.45, 7) is 6.34. The molecule has 3 aromatic carbocycles. The van der Waals surface area contributed by atoms with Crippen LogP contribution in [0.3, 0.4) is 0 Å². The van der Waals surface area contributed by atoms with Gasteiger partial charge in [0, 0.05) is 5.41 Å². The van der Waals surface area contributed by atoms with Crippen molar-refractivity contribution in [2.75, 3.05) is 0 Å². The molecule has 0 radical (unpaired) electrons. The summed E-state index contributed by atoms with van der Waals surface area (Å²) in [7, 11) is 0. The van der Waals surface area contributed by atoms with Gasteiger partial charge in [0.1, 0.15) is 0 Å². The van der Waals surface area contributed by atoms with Gasteiger partial charge >= 0.3 is 0 Å². The maximum atomic E-state index is 2.34. The van der Waals surface area contributed by atoms with E-state index >= 15 is 0 Å². The second-order valence-electron chi connectivity index (χ2n) is 5.58. The molecule has 1 aliphatic carbocycles. The predicted octanol–water partition coefficient (Wildman–Crippen LogP) is 6.05. The highest BCUT2D eigenvalue weighted by atomic mass is 14.4. The van der Waals surface area contributed by atoms with Gasteiger partial charge in [0.05, 0.1) is 0 Å². The third-order valence-corrected chi connectivity index (χ3v) is 4.57. The van der Waals surface area contributed by atoms with Crippen molar-refractivity contribution in [2.45, 2.75) is 26.2 Å². The molecular weight excluding hydrogens is 264 g/mol. The molecular formula is C22H22. The molecule has 0 saturated carbocycles. The fourth-order valence-corrected chi connectivity index (χ4v) is 3.54. The van der Waals surface area contributed by atoms with E-state index in [-0.39, 0.29) is 5.41 Å². The maximum Gasteiger partial charge on any atom is 0.0435 e. The third-order valence-electron chi connectivity index (χ3n) is 4.57. The van der Waals surface area contributed by atoms with Gasteiger partial charge in [-0.1, -0.05) is 92.7 Å². The molecule has 0 atom stereocenters. The molecule has 0 saturated heterocycles. The number of hydrogen-bond acceptors (Lipinski definition) is 0. The van der Waals surface area contributed by atoms with E-state index in [0.717, 1.165) is 0 Å². The van der Waals surface area contributed by atoms with Gasteiger partial charge in [-0.25, -0.2) is 0 Å². The second kappa shape index (κ2) is 5.81. The molecule has 110 valence electrons. The van der Waals surface area contributed by atoms with E-state index in [2.05, 4.69) is 85.8 Å². The zero-order valence-electron chi connectivity index (χ0n) is 13.5. The summed E-state index contributed by atoms with van der Waals surface area (Å²) < 4.78 is 0. The highest BCUT2D eigenvalue weighted by Crippen LogP contribution is 2.51. The third kappa shape index (κ3) is 1.99. The van der Waals surface area contributed by atoms with Crippen LogP contribution in [-0.2, 0) is 5.41 Å². The highest BCUT2D eigenvalue weighted by Gasteiger charge is 2.39. The van der Waals surface area contributed by atoms with Gasteiger partial charge in [0.25, 0.3) is 0 Å². The zero-order valence-corrected chi connectivity index (χ0v) is 13.5. The largest absolute Gasteiger partial charge is 0.0683 e. The molecule has 3 aromatic rings. The molecule has 1 aliphatic rings. The molecule has 0 heterocycles. The maximum absolute atomic E-state index is 2.34. The Morgan fingerprint density at radius 2 is 0.955 bits per heavy atom. The van der Waals surface area contributed by atoms with E-state index in [1.54, 1.807) is 0 Å². The summed E-state index contributed by atoms with van der Waals surface area (Å²) in [5.41, 5.74) is 6.87. The molecule has 0 N–H and O–H groups in total. The van der Waals surface area contributed by atoms with Gasteiger partial charge < -0.3 is 0 Å². The SMILES string of the molecule is CC.CC1(c2ccccc2)c2ccccc2-c2ccccc21. The minimum atomic E-state index is -0.0472. The number of rotatable bonds is 1. The van der Waals surface area contributed by atoms with Crippen LogP contribution in [0.2, 0.25) is 0 Å². The first-order valence-electron chi connectivity index (χ1n) is 8.07. The van der Waals surface area contributed by atoms with E-state index in [0.29, 0.717) is 0 Å². The van der Waals surface area contributed by atoms with E-state index in [1.807, 2.05) is 13.8 Å². The van der Waals surface area contributed by atoms with Crippen LogP contribution in [0.5, 0.6) is 0 Å². The molecule has 0 unspecified atom stereocenters.